The van der Waals surface area contributed by atoms with E-state index in [-0.39, 0.29) is 22.9 Å². The standard InChI is InChI=1S/C18H29N3O5S/c1-13(2)18(3,11-16(22)23)19-17(24)15-10-14(12-20(15)4)27(25,26)21-8-6-5-7-9-21/h10,12-13H,5-9,11H2,1-4H3,(H,19,24)(H,22,23). The second kappa shape index (κ2) is 8.02. The molecule has 0 aromatic carbocycles. The Morgan fingerprint density at radius 2 is 1.85 bits per heavy atom. The topological polar surface area (TPSA) is 109 Å². The SMILES string of the molecule is CC(C)C(C)(CC(=O)O)NC(=O)c1cc(S(=O)(=O)N2CCCCC2)cn1C. The Kier molecular flexibility index (Phi) is 6.36. The number of sulfonamides is 1. The van der Waals surface area contributed by atoms with E-state index in [9.17, 15) is 18.0 Å². The Bertz CT molecular complexity index is 809. The fourth-order valence-corrected chi connectivity index (χ4v) is 4.77. The molecule has 0 aliphatic carbocycles. The maximum Gasteiger partial charge on any atom is 0.305 e. The van der Waals surface area contributed by atoms with Gasteiger partial charge in [0.1, 0.15) is 10.6 Å². The summed E-state index contributed by atoms with van der Waals surface area (Å²) in [4.78, 5) is 24.0. The van der Waals surface area contributed by atoms with Gasteiger partial charge in [-0.15, -0.1) is 0 Å². The molecule has 8 nitrogen and oxygen atoms in total. The van der Waals surface area contributed by atoms with E-state index in [0.29, 0.717) is 13.1 Å². The van der Waals surface area contributed by atoms with Crippen molar-refractivity contribution in [3.8, 4) is 0 Å². The minimum absolute atomic E-state index is 0.0848. The molecule has 0 saturated carbocycles. The Morgan fingerprint density at radius 3 is 2.37 bits per heavy atom. The molecule has 1 fully saturated rings. The van der Waals surface area contributed by atoms with Crippen molar-refractivity contribution < 1.29 is 23.1 Å². The molecule has 0 bridgehead atoms. The van der Waals surface area contributed by atoms with Gasteiger partial charge in [0.25, 0.3) is 5.91 Å². The van der Waals surface area contributed by atoms with Gasteiger partial charge >= 0.3 is 5.97 Å². The summed E-state index contributed by atoms with van der Waals surface area (Å²) < 4.78 is 28.6. The van der Waals surface area contributed by atoms with Crippen LogP contribution in [-0.4, -0.2) is 52.9 Å². The molecule has 2 N–H and O–H groups in total. The number of amides is 1. The molecule has 1 aromatic heterocycles. The van der Waals surface area contributed by atoms with E-state index in [4.69, 9.17) is 5.11 Å². The maximum atomic E-state index is 12.8. The first-order valence-corrected chi connectivity index (χ1v) is 10.6. The molecular formula is C18H29N3O5S. The molecule has 1 amide bonds. The highest BCUT2D eigenvalue weighted by atomic mass is 32.2. The predicted octanol–water partition coefficient (Wildman–Crippen LogP) is 1.82. The van der Waals surface area contributed by atoms with Gasteiger partial charge in [0.05, 0.1) is 12.0 Å². The summed E-state index contributed by atoms with van der Waals surface area (Å²) in [5.74, 6) is -1.61. The number of nitrogens with one attached hydrogen (secondary N) is 1. The Balaban J connectivity index is 2.27. The summed E-state index contributed by atoms with van der Waals surface area (Å²) >= 11 is 0. The number of aliphatic carboxylic acids is 1. The first-order chi connectivity index (χ1) is 12.5. The van der Waals surface area contributed by atoms with Gasteiger partial charge in [-0.05, 0) is 31.7 Å². The van der Waals surface area contributed by atoms with Crippen LogP contribution in [0.15, 0.2) is 17.2 Å². The number of carbonyl (C=O) groups excluding carboxylic acids is 1. The molecule has 27 heavy (non-hydrogen) atoms. The smallest absolute Gasteiger partial charge is 0.305 e. The Hall–Kier alpha value is -1.87. The minimum Gasteiger partial charge on any atom is -0.481 e. The highest BCUT2D eigenvalue weighted by Crippen LogP contribution is 2.24. The number of aromatic nitrogens is 1. The second-order valence-electron chi connectivity index (χ2n) is 7.73. The van der Waals surface area contributed by atoms with E-state index in [1.54, 1.807) is 14.0 Å². The molecule has 1 atom stereocenters. The van der Waals surface area contributed by atoms with Gasteiger partial charge in [-0.1, -0.05) is 20.3 Å². The first-order valence-electron chi connectivity index (χ1n) is 9.18. The molecule has 0 spiro atoms. The number of carboxylic acids is 1. The van der Waals surface area contributed by atoms with E-state index in [2.05, 4.69) is 5.32 Å². The number of carbonyl (C=O) groups is 2. The quantitative estimate of drug-likeness (QED) is 0.727. The lowest BCUT2D eigenvalue weighted by molar-refractivity contribution is -0.138. The summed E-state index contributed by atoms with van der Waals surface area (Å²) in [7, 11) is -2.03. The number of piperidine rings is 1. The predicted molar refractivity (Wildman–Crippen MR) is 101 cm³/mol. The summed E-state index contributed by atoms with van der Waals surface area (Å²) in [5, 5.41) is 11.9. The van der Waals surface area contributed by atoms with Gasteiger partial charge in [0.2, 0.25) is 10.0 Å². The Labute approximate surface area is 160 Å². The molecule has 0 radical (unpaired) electrons. The van der Waals surface area contributed by atoms with Crippen LogP contribution in [0.1, 0.15) is 56.9 Å². The first kappa shape index (κ1) is 21.4. The molecule has 1 aromatic rings. The van der Waals surface area contributed by atoms with Gasteiger partial charge in [-0.3, -0.25) is 9.59 Å². The lowest BCUT2D eigenvalue weighted by Gasteiger charge is -2.33. The van der Waals surface area contributed by atoms with Gasteiger partial charge < -0.3 is 15.0 Å². The summed E-state index contributed by atoms with van der Waals surface area (Å²) in [5.41, 5.74) is -0.762. The van der Waals surface area contributed by atoms with Crippen molar-refractivity contribution in [2.24, 2.45) is 13.0 Å². The average molecular weight is 400 g/mol. The van der Waals surface area contributed by atoms with Crippen LogP contribution >= 0.6 is 0 Å². The number of hydrogen-bond acceptors (Lipinski definition) is 4. The van der Waals surface area contributed by atoms with Crippen molar-refractivity contribution in [2.75, 3.05) is 13.1 Å². The largest absolute Gasteiger partial charge is 0.481 e. The highest BCUT2D eigenvalue weighted by Gasteiger charge is 2.34. The van der Waals surface area contributed by atoms with E-state index >= 15 is 0 Å². The zero-order valence-corrected chi connectivity index (χ0v) is 17.2. The Morgan fingerprint density at radius 1 is 1.26 bits per heavy atom. The van der Waals surface area contributed by atoms with E-state index < -0.39 is 27.4 Å². The van der Waals surface area contributed by atoms with Crippen molar-refractivity contribution in [1.29, 1.82) is 0 Å². The molecular weight excluding hydrogens is 370 g/mol. The number of hydrogen-bond donors (Lipinski definition) is 2. The fraction of sp³-hybridized carbons (Fsp3) is 0.667. The number of carboxylic acid groups (broad SMARTS) is 1. The normalized spacial score (nSPS) is 18.3. The van der Waals surface area contributed by atoms with E-state index in [1.807, 2.05) is 13.8 Å². The van der Waals surface area contributed by atoms with Crippen LogP contribution in [0.2, 0.25) is 0 Å². The minimum atomic E-state index is -3.64. The van der Waals surface area contributed by atoms with Crippen LogP contribution in [0.25, 0.3) is 0 Å². The lowest BCUT2D eigenvalue weighted by Crippen LogP contribution is -2.51. The van der Waals surface area contributed by atoms with Gasteiger partial charge in [0.15, 0.2) is 0 Å². The molecule has 1 saturated heterocycles. The van der Waals surface area contributed by atoms with Crippen LogP contribution < -0.4 is 5.32 Å². The number of nitrogens with zero attached hydrogens (tertiary/aromatic N) is 2. The molecule has 1 aliphatic rings. The van der Waals surface area contributed by atoms with Gasteiger partial charge in [-0.25, -0.2) is 8.42 Å². The third-order valence-electron chi connectivity index (χ3n) is 5.36. The molecule has 2 heterocycles. The third kappa shape index (κ3) is 4.70. The van der Waals surface area contributed by atoms with Crippen LogP contribution in [0.5, 0.6) is 0 Å². The molecule has 2 rings (SSSR count). The second-order valence-corrected chi connectivity index (χ2v) is 9.67. The zero-order chi connectivity index (χ0) is 20.4. The van der Waals surface area contributed by atoms with E-state index in [1.165, 1.54) is 21.1 Å². The van der Waals surface area contributed by atoms with Crippen LogP contribution in [0.4, 0.5) is 0 Å². The molecule has 152 valence electrons. The van der Waals surface area contributed by atoms with Crippen molar-refractivity contribution >= 4 is 21.9 Å². The highest BCUT2D eigenvalue weighted by molar-refractivity contribution is 7.89. The van der Waals surface area contributed by atoms with Crippen molar-refractivity contribution in [3.05, 3.63) is 18.0 Å². The fourth-order valence-electron chi connectivity index (χ4n) is 3.19. The van der Waals surface area contributed by atoms with Crippen molar-refractivity contribution in [3.63, 3.8) is 0 Å². The average Bonchev–Trinajstić information content (AvgIpc) is 2.97. The summed E-state index contributed by atoms with van der Waals surface area (Å²) in [6.45, 7) is 6.32. The molecule has 1 unspecified atom stereocenters. The maximum absolute atomic E-state index is 12.8. The van der Waals surface area contributed by atoms with Crippen LogP contribution in [-0.2, 0) is 21.9 Å². The van der Waals surface area contributed by atoms with Gasteiger partial charge in [-0.2, -0.15) is 4.31 Å². The summed E-state index contributed by atoms with van der Waals surface area (Å²) in [6.07, 6.45) is 3.90. The number of rotatable bonds is 7. The van der Waals surface area contributed by atoms with Crippen molar-refractivity contribution in [1.82, 2.24) is 14.2 Å². The van der Waals surface area contributed by atoms with Crippen LogP contribution in [0, 0.1) is 5.92 Å². The van der Waals surface area contributed by atoms with Crippen LogP contribution in [0.3, 0.4) is 0 Å². The lowest BCUT2D eigenvalue weighted by atomic mass is 9.85. The zero-order valence-electron chi connectivity index (χ0n) is 16.4. The summed E-state index contributed by atoms with van der Waals surface area (Å²) in [6, 6.07) is 1.36. The third-order valence-corrected chi connectivity index (χ3v) is 7.22. The van der Waals surface area contributed by atoms with Gasteiger partial charge in [0, 0.05) is 26.3 Å². The number of aryl methyl sites for hydroxylation is 1. The molecule has 9 heteroatoms. The molecule has 1 aliphatic heterocycles. The monoisotopic (exact) mass is 399 g/mol. The van der Waals surface area contributed by atoms with Crippen molar-refractivity contribution in [2.45, 2.75) is 56.9 Å². The van der Waals surface area contributed by atoms with E-state index in [0.717, 1.165) is 19.3 Å².